The van der Waals surface area contributed by atoms with Gasteiger partial charge in [-0.05, 0) is 48.0 Å². The van der Waals surface area contributed by atoms with Crippen LogP contribution in [-0.4, -0.2) is 52.7 Å². The molecule has 2 amide bonds. The summed E-state index contributed by atoms with van der Waals surface area (Å²) in [6.07, 6.45) is 3.06. The maximum Gasteiger partial charge on any atom is 0.269 e. The summed E-state index contributed by atoms with van der Waals surface area (Å²) < 4.78 is 0. The molecule has 0 aliphatic carbocycles. The van der Waals surface area contributed by atoms with Gasteiger partial charge in [0.2, 0.25) is 5.91 Å². The first-order chi connectivity index (χ1) is 13.4. The maximum absolute atomic E-state index is 12.5. The molecule has 0 aromatic heterocycles. The van der Waals surface area contributed by atoms with Gasteiger partial charge >= 0.3 is 0 Å². The summed E-state index contributed by atoms with van der Waals surface area (Å²) in [6, 6.07) is 12.7. The number of halogens is 1. The van der Waals surface area contributed by atoms with Crippen molar-refractivity contribution < 1.29 is 14.5 Å². The van der Waals surface area contributed by atoms with Gasteiger partial charge < -0.3 is 9.80 Å². The van der Waals surface area contributed by atoms with Crippen LogP contribution in [-0.2, 0) is 4.79 Å². The van der Waals surface area contributed by atoms with Crippen LogP contribution >= 0.6 is 11.6 Å². The van der Waals surface area contributed by atoms with Crippen molar-refractivity contribution in [1.82, 2.24) is 9.80 Å². The second-order valence-corrected chi connectivity index (χ2v) is 6.74. The molecule has 144 valence electrons. The summed E-state index contributed by atoms with van der Waals surface area (Å²) in [5.74, 6) is -0.234. The molecule has 28 heavy (non-hydrogen) atoms. The van der Waals surface area contributed by atoms with Crippen LogP contribution in [0.4, 0.5) is 5.69 Å². The van der Waals surface area contributed by atoms with E-state index in [9.17, 15) is 19.7 Å². The molecule has 1 aliphatic heterocycles. The Morgan fingerprint density at radius 2 is 1.50 bits per heavy atom. The Balaban J connectivity index is 1.54. The summed E-state index contributed by atoms with van der Waals surface area (Å²) in [5, 5.41) is 11.2. The molecule has 2 aromatic carbocycles. The number of amides is 2. The van der Waals surface area contributed by atoms with E-state index in [4.69, 9.17) is 11.6 Å². The molecule has 1 fully saturated rings. The van der Waals surface area contributed by atoms with Crippen molar-refractivity contribution >= 4 is 35.2 Å². The van der Waals surface area contributed by atoms with E-state index in [0.29, 0.717) is 42.3 Å². The van der Waals surface area contributed by atoms with E-state index in [1.54, 1.807) is 52.3 Å². The van der Waals surface area contributed by atoms with Crippen molar-refractivity contribution in [3.05, 3.63) is 80.9 Å². The SMILES string of the molecule is O=C(/C=C/c1ccc([N+](=O)[O-])cc1)N1CCN(C(=O)c2ccc(Cl)cc2)CC1. The number of carbonyl (C=O) groups is 2. The number of nitrogens with zero attached hydrogens (tertiary/aromatic N) is 3. The molecular weight excluding hydrogens is 382 g/mol. The standard InChI is InChI=1S/C20H18ClN3O4/c21-17-6-4-16(5-7-17)20(26)23-13-11-22(12-14-23)19(25)10-3-15-1-8-18(9-2-15)24(27)28/h1-10H,11-14H2/b10-3+. The van der Waals surface area contributed by atoms with Gasteiger partial charge in [-0.3, -0.25) is 19.7 Å². The molecule has 0 saturated carbocycles. The summed E-state index contributed by atoms with van der Waals surface area (Å²) >= 11 is 5.85. The van der Waals surface area contributed by atoms with Crippen LogP contribution in [0.15, 0.2) is 54.6 Å². The van der Waals surface area contributed by atoms with E-state index < -0.39 is 4.92 Å². The quantitative estimate of drug-likeness (QED) is 0.449. The molecule has 0 atom stereocenters. The Labute approximate surface area is 167 Å². The fraction of sp³-hybridized carbons (Fsp3) is 0.200. The molecule has 1 saturated heterocycles. The Hall–Kier alpha value is -3.19. The lowest BCUT2D eigenvalue weighted by Crippen LogP contribution is -2.50. The molecule has 0 radical (unpaired) electrons. The minimum Gasteiger partial charge on any atom is -0.336 e. The summed E-state index contributed by atoms with van der Waals surface area (Å²) in [4.78, 5) is 38.4. The number of hydrogen-bond donors (Lipinski definition) is 0. The van der Waals surface area contributed by atoms with E-state index in [2.05, 4.69) is 0 Å². The van der Waals surface area contributed by atoms with Gasteiger partial charge in [0.05, 0.1) is 4.92 Å². The van der Waals surface area contributed by atoms with Crippen molar-refractivity contribution in [2.24, 2.45) is 0 Å². The van der Waals surface area contributed by atoms with Gasteiger partial charge in [-0.2, -0.15) is 0 Å². The highest BCUT2D eigenvalue weighted by Crippen LogP contribution is 2.15. The van der Waals surface area contributed by atoms with Crippen molar-refractivity contribution in [1.29, 1.82) is 0 Å². The number of rotatable bonds is 4. The molecule has 0 bridgehead atoms. The fourth-order valence-electron chi connectivity index (χ4n) is 2.89. The van der Waals surface area contributed by atoms with Crippen LogP contribution < -0.4 is 0 Å². The van der Waals surface area contributed by atoms with Gasteiger partial charge in [-0.15, -0.1) is 0 Å². The summed E-state index contributed by atoms with van der Waals surface area (Å²) in [6.45, 7) is 1.81. The van der Waals surface area contributed by atoms with Gasteiger partial charge in [0.15, 0.2) is 0 Å². The van der Waals surface area contributed by atoms with Crippen LogP contribution in [0.5, 0.6) is 0 Å². The summed E-state index contributed by atoms with van der Waals surface area (Å²) in [7, 11) is 0. The smallest absolute Gasteiger partial charge is 0.269 e. The van der Waals surface area contributed by atoms with Gasteiger partial charge in [-0.25, -0.2) is 0 Å². The summed E-state index contributed by atoms with van der Waals surface area (Å²) in [5.41, 5.74) is 1.28. The minimum absolute atomic E-state index is 0.00459. The average Bonchev–Trinajstić information content (AvgIpc) is 2.72. The molecule has 0 spiro atoms. The molecular formula is C20H18ClN3O4. The van der Waals surface area contributed by atoms with Gasteiger partial charge in [0.1, 0.15) is 0 Å². The third-order valence-electron chi connectivity index (χ3n) is 4.49. The van der Waals surface area contributed by atoms with E-state index in [1.807, 2.05) is 0 Å². The van der Waals surface area contributed by atoms with E-state index in [0.717, 1.165) is 0 Å². The Kier molecular flexibility index (Phi) is 6.06. The zero-order valence-electron chi connectivity index (χ0n) is 15.0. The minimum atomic E-state index is -0.469. The number of benzene rings is 2. The second-order valence-electron chi connectivity index (χ2n) is 6.31. The van der Waals surface area contributed by atoms with Crippen LogP contribution in [0.2, 0.25) is 5.02 Å². The van der Waals surface area contributed by atoms with Crippen molar-refractivity contribution in [3.63, 3.8) is 0 Å². The highest BCUT2D eigenvalue weighted by Gasteiger charge is 2.23. The highest BCUT2D eigenvalue weighted by atomic mass is 35.5. The number of hydrogen-bond acceptors (Lipinski definition) is 4. The zero-order valence-corrected chi connectivity index (χ0v) is 15.7. The van der Waals surface area contributed by atoms with Gasteiger partial charge in [0.25, 0.3) is 11.6 Å². The number of piperazine rings is 1. The van der Waals surface area contributed by atoms with Crippen molar-refractivity contribution in [2.75, 3.05) is 26.2 Å². The van der Waals surface area contributed by atoms with Crippen LogP contribution in [0.25, 0.3) is 6.08 Å². The van der Waals surface area contributed by atoms with E-state index in [1.165, 1.54) is 18.2 Å². The third kappa shape index (κ3) is 4.75. The van der Waals surface area contributed by atoms with Crippen molar-refractivity contribution in [3.8, 4) is 0 Å². The highest BCUT2D eigenvalue weighted by molar-refractivity contribution is 6.30. The molecule has 7 nitrogen and oxygen atoms in total. The lowest BCUT2D eigenvalue weighted by Gasteiger charge is -2.34. The normalized spacial score (nSPS) is 14.3. The number of carbonyl (C=O) groups excluding carboxylic acids is 2. The molecule has 1 heterocycles. The van der Waals surface area contributed by atoms with Crippen LogP contribution in [0.3, 0.4) is 0 Å². The predicted molar refractivity (Wildman–Crippen MR) is 106 cm³/mol. The van der Waals surface area contributed by atoms with Crippen LogP contribution in [0, 0.1) is 10.1 Å². The number of non-ortho nitro benzene ring substituents is 1. The second kappa shape index (κ2) is 8.67. The molecule has 2 aromatic rings. The fourth-order valence-corrected chi connectivity index (χ4v) is 3.01. The number of nitro benzene ring substituents is 1. The lowest BCUT2D eigenvalue weighted by atomic mass is 10.1. The first-order valence-electron chi connectivity index (χ1n) is 8.70. The first-order valence-corrected chi connectivity index (χ1v) is 9.08. The molecule has 3 rings (SSSR count). The largest absolute Gasteiger partial charge is 0.336 e. The predicted octanol–water partition coefficient (Wildman–Crippen LogP) is 3.25. The van der Waals surface area contributed by atoms with Gasteiger partial charge in [0, 0.05) is 55.0 Å². The average molecular weight is 400 g/mol. The topological polar surface area (TPSA) is 83.8 Å². The Morgan fingerprint density at radius 1 is 0.929 bits per heavy atom. The Morgan fingerprint density at radius 3 is 2.07 bits per heavy atom. The zero-order chi connectivity index (χ0) is 20.1. The van der Waals surface area contributed by atoms with Crippen LogP contribution in [0.1, 0.15) is 15.9 Å². The van der Waals surface area contributed by atoms with Crippen molar-refractivity contribution in [2.45, 2.75) is 0 Å². The third-order valence-corrected chi connectivity index (χ3v) is 4.74. The molecule has 8 heteroatoms. The molecule has 1 aliphatic rings. The number of nitro groups is 1. The molecule has 0 unspecified atom stereocenters. The monoisotopic (exact) mass is 399 g/mol. The maximum atomic E-state index is 12.5. The first kappa shape index (κ1) is 19.6. The van der Waals surface area contributed by atoms with E-state index in [-0.39, 0.29) is 17.5 Å². The van der Waals surface area contributed by atoms with Gasteiger partial charge in [-0.1, -0.05) is 11.6 Å². The molecule has 0 N–H and O–H groups in total. The Bertz CT molecular complexity index is 902. The van der Waals surface area contributed by atoms with E-state index >= 15 is 0 Å². The lowest BCUT2D eigenvalue weighted by molar-refractivity contribution is -0.384.